The van der Waals surface area contributed by atoms with Gasteiger partial charge in [-0.05, 0) is 146 Å². The summed E-state index contributed by atoms with van der Waals surface area (Å²) in [6.07, 6.45) is 16.5. The van der Waals surface area contributed by atoms with Gasteiger partial charge >= 0.3 is 0 Å². The molecular weight excluding hydrogens is 673 g/mol. The Morgan fingerprint density at radius 1 is 0.784 bits per heavy atom. The fourth-order valence-corrected chi connectivity index (χ4v) is 12.9. The third kappa shape index (κ3) is 10.5. The molecule has 0 aromatic rings. The highest BCUT2D eigenvalue weighted by atomic mass is 28.4. The standard InChI is InChI=1S/C45H86O3Si3/c1-32(2)40(47-50(17,18)43(8,9)10)28-23-33(3)38-26-27-39-35(22-21-29-45(38,39)14)24-25-36-30-37(46-49(15,16)42(5,6)7)31-41(34(36)4)48-51(19,20)44(11,12)13/h24-25,32-33,37-41H,4,21-23,26-31H2,1-3,5-20H3/b35-24+,36-25-/t33-,37-,38-,39+,40-,41+,45-/m1/s1. The number of rotatable bonds is 12. The Balaban J connectivity index is 1.84. The van der Waals surface area contributed by atoms with Crippen LogP contribution >= 0.6 is 0 Å². The first-order valence-electron chi connectivity index (χ1n) is 21.1. The molecule has 0 heterocycles. The molecule has 51 heavy (non-hydrogen) atoms. The largest absolute Gasteiger partial charge is 0.414 e. The Morgan fingerprint density at radius 2 is 1.33 bits per heavy atom. The van der Waals surface area contributed by atoms with Crippen LogP contribution in [0.5, 0.6) is 0 Å². The lowest BCUT2D eigenvalue weighted by atomic mass is 9.60. The van der Waals surface area contributed by atoms with Crippen molar-refractivity contribution in [2.75, 3.05) is 0 Å². The van der Waals surface area contributed by atoms with E-state index in [-0.39, 0.29) is 27.3 Å². The van der Waals surface area contributed by atoms with Gasteiger partial charge in [0, 0.05) is 12.5 Å². The molecule has 0 aromatic heterocycles. The zero-order chi connectivity index (χ0) is 39.2. The molecule has 296 valence electrons. The van der Waals surface area contributed by atoms with Crippen molar-refractivity contribution in [3.63, 3.8) is 0 Å². The lowest BCUT2D eigenvalue weighted by molar-refractivity contribution is 0.0751. The van der Waals surface area contributed by atoms with Gasteiger partial charge in [-0.2, -0.15) is 0 Å². The van der Waals surface area contributed by atoms with Gasteiger partial charge in [-0.3, -0.25) is 0 Å². The summed E-state index contributed by atoms with van der Waals surface area (Å²) in [6.45, 7) is 50.3. The van der Waals surface area contributed by atoms with Crippen LogP contribution < -0.4 is 0 Å². The van der Waals surface area contributed by atoms with Gasteiger partial charge in [0.15, 0.2) is 25.0 Å². The van der Waals surface area contributed by atoms with Gasteiger partial charge in [0.1, 0.15) is 0 Å². The molecule has 3 fully saturated rings. The molecule has 3 saturated carbocycles. The summed E-state index contributed by atoms with van der Waals surface area (Å²) in [4.78, 5) is 0. The zero-order valence-corrected chi connectivity index (χ0v) is 40.5. The molecule has 0 N–H and O–H groups in total. The quantitative estimate of drug-likeness (QED) is 0.186. The minimum atomic E-state index is -1.98. The smallest absolute Gasteiger partial charge is 0.192 e. The minimum absolute atomic E-state index is 0.0303. The molecule has 3 aliphatic carbocycles. The molecule has 0 aliphatic heterocycles. The SMILES string of the molecule is C=C1/C(=C\C=C2/CCC[C@]3(C)[C@@H]([C@H](C)CC[C@@H](O[Si](C)(C)C(C)(C)C)C(C)C)CC[C@@H]23)C[C@@H](O[Si](C)(C)C(C)(C)C)C[C@@H]1O[Si](C)(C)C(C)(C)C. The minimum Gasteiger partial charge on any atom is -0.414 e. The van der Waals surface area contributed by atoms with Crippen molar-refractivity contribution in [3.05, 3.63) is 35.5 Å². The molecule has 3 nitrogen and oxygen atoms in total. The van der Waals surface area contributed by atoms with Gasteiger partial charge in [0.2, 0.25) is 0 Å². The fraction of sp³-hybridized carbons (Fsp3) is 0.867. The van der Waals surface area contributed by atoms with Crippen molar-refractivity contribution in [2.24, 2.45) is 29.1 Å². The summed E-state index contributed by atoms with van der Waals surface area (Å²) in [5.74, 6) is 2.76. The monoisotopic (exact) mass is 759 g/mol. The average Bonchev–Trinajstić information content (AvgIpc) is 3.31. The lowest BCUT2D eigenvalue weighted by Gasteiger charge is -2.46. The van der Waals surface area contributed by atoms with Crippen molar-refractivity contribution in [2.45, 2.75) is 221 Å². The Hall–Kier alpha value is -0.249. The van der Waals surface area contributed by atoms with E-state index in [0.717, 1.165) is 24.7 Å². The topological polar surface area (TPSA) is 27.7 Å². The maximum absolute atomic E-state index is 7.14. The summed E-state index contributed by atoms with van der Waals surface area (Å²) < 4.78 is 21.3. The first kappa shape index (κ1) is 45.1. The molecule has 0 bridgehead atoms. The highest BCUT2D eigenvalue weighted by molar-refractivity contribution is 6.75. The van der Waals surface area contributed by atoms with E-state index in [1.807, 2.05) is 0 Å². The molecule has 0 saturated heterocycles. The van der Waals surface area contributed by atoms with Crippen LogP contribution in [0.4, 0.5) is 0 Å². The van der Waals surface area contributed by atoms with Crippen LogP contribution in [0.1, 0.15) is 148 Å². The first-order chi connectivity index (χ1) is 22.9. The van der Waals surface area contributed by atoms with E-state index in [4.69, 9.17) is 19.9 Å². The maximum atomic E-state index is 7.14. The van der Waals surface area contributed by atoms with E-state index in [2.05, 4.69) is 141 Å². The van der Waals surface area contributed by atoms with Gasteiger partial charge in [-0.15, -0.1) is 0 Å². The van der Waals surface area contributed by atoms with Crippen molar-refractivity contribution in [1.82, 2.24) is 0 Å². The highest BCUT2D eigenvalue weighted by Gasteiger charge is 2.51. The Morgan fingerprint density at radius 3 is 1.86 bits per heavy atom. The van der Waals surface area contributed by atoms with Crippen molar-refractivity contribution >= 4 is 25.0 Å². The van der Waals surface area contributed by atoms with Gasteiger partial charge in [0.25, 0.3) is 0 Å². The fourth-order valence-electron chi connectivity index (χ4n) is 8.69. The van der Waals surface area contributed by atoms with E-state index >= 15 is 0 Å². The number of hydrogen-bond donors (Lipinski definition) is 0. The third-order valence-electron chi connectivity index (χ3n) is 15.4. The van der Waals surface area contributed by atoms with E-state index in [1.54, 1.807) is 5.57 Å². The first-order valence-corrected chi connectivity index (χ1v) is 29.8. The van der Waals surface area contributed by atoms with E-state index in [0.29, 0.717) is 23.4 Å². The summed E-state index contributed by atoms with van der Waals surface area (Å²) in [7, 11) is -5.71. The van der Waals surface area contributed by atoms with Crippen molar-refractivity contribution in [3.8, 4) is 0 Å². The van der Waals surface area contributed by atoms with Crippen molar-refractivity contribution < 1.29 is 13.3 Å². The van der Waals surface area contributed by atoms with Crippen molar-refractivity contribution in [1.29, 1.82) is 0 Å². The van der Waals surface area contributed by atoms with Crippen LogP contribution in [0.15, 0.2) is 35.5 Å². The second-order valence-corrected chi connectivity index (χ2v) is 36.8. The van der Waals surface area contributed by atoms with Gasteiger partial charge < -0.3 is 13.3 Å². The van der Waals surface area contributed by atoms with E-state index in [9.17, 15) is 0 Å². The molecule has 3 aliphatic rings. The molecular formula is C45H86O3Si3. The molecule has 7 atom stereocenters. The number of fused-ring (bicyclic) bond motifs is 1. The predicted molar refractivity (Wildman–Crippen MR) is 232 cm³/mol. The normalized spacial score (nSPS) is 30.3. The Labute approximate surface area is 322 Å². The molecule has 0 unspecified atom stereocenters. The third-order valence-corrected chi connectivity index (χ3v) is 28.9. The summed E-state index contributed by atoms with van der Waals surface area (Å²) in [6, 6.07) is 0. The van der Waals surface area contributed by atoms with E-state index < -0.39 is 25.0 Å². The highest BCUT2D eigenvalue weighted by Crippen LogP contribution is 2.60. The number of hydrogen-bond acceptors (Lipinski definition) is 3. The maximum Gasteiger partial charge on any atom is 0.192 e. The lowest BCUT2D eigenvalue weighted by Crippen LogP contribution is -2.49. The second-order valence-electron chi connectivity index (χ2n) is 22.6. The zero-order valence-electron chi connectivity index (χ0n) is 37.5. The second kappa shape index (κ2) is 16.1. The molecule has 3 rings (SSSR count). The van der Waals surface area contributed by atoms with Crippen LogP contribution in [0.25, 0.3) is 0 Å². The van der Waals surface area contributed by atoms with Gasteiger partial charge in [-0.25, -0.2) is 0 Å². The van der Waals surface area contributed by atoms with Gasteiger partial charge in [0.05, 0.1) is 12.2 Å². The number of allylic oxidation sites excluding steroid dienone is 3. The molecule has 0 amide bonds. The van der Waals surface area contributed by atoms with Gasteiger partial charge in [-0.1, -0.05) is 114 Å². The van der Waals surface area contributed by atoms with E-state index in [1.165, 1.54) is 56.1 Å². The van der Waals surface area contributed by atoms with Crippen LogP contribution in [0, 0.1) is 29.1 Å². The van der Waals surface area contributed by atoms with Crippen LogP contribution in [-0.4, -0.2) is 43.3 Å². The molecule has 0 aromatic carbocycles. The van der Waals surface area contributed by atoms with Crippen LogP contribution in [0.2, 0.25) is 54.4 Å². The molecule has 0 spiro atoms. The summed E-state index contributed by atoms with van der Waals surface area (Å²) >= 11 is 0. The molecule has 6 heteroatoms. The predicted octanol–water partition coefficient (Wildman–Crippen LogP) is 14.6. The Kier molecular flexibility index (Phi) is 14.2. The van der Waals surface area contributed by atoms with Crippen LogP contribution in [-0.2, 0) is 13.3 Å². The molecule has 0 radical (unpaired) electrons. The Bertz CT molecular complexity index is 1250. The van der Waals surface area contributed by atoms with Crippen LogP contribution in [0.3, 0.4) is 0 Å². The summed E-state index contributed by atoms with van der Waals surface area (Å²) in [5.41, 5.74) is 4.64. The summed E-state index contributed by atoms with van der Waals surface area (Å²) in [5, 5.41) is 0.585. The average molecular weight is 759 g/mol.